The molecule has 1 aromatic heterocycles. The Bertz CT molecular complexity index is 1160. The zero-order chi connectivity index (χ0) is 22.0. The summed E-state index contributed by atoms with van der Waals surface area (Å²) in [5, 5.41) is 5.72. The molecule has 2 aromatic carbocycles. The third-order valence-corrected chi connectivity index (χ3v) is 5.07. The van der Waals surface area contributed by atoms with Gasteiger partial charge in [-0.3, -0.25) is 14.8 Å². The molecule has 3 aromatic rings. The smallest absolute Gasteiger partial charge is 0.303 e. The molecule has 31 heavy (non-hydrogen) atoms. The average molecular weight is 426 g/mol. The fourth-order valence-corrected chi connectivity index (χ4v) is 3.51. The molecule has 0 aliphatic carbocycles. The summed E-state index contributed by atoms with van der Waals surface area (Å²) in [6.45, 7) is 0. The van der Waals surface area contributed by atoms with Crippen molar-refractivity contribution in [2.24, 2.45) is 5.10 Å². The van der Waals surface area contributed by atoms with Crippen LogP contribution in [-0.2, 0) is 15.8 Å². The average Bonchev–Trinajstić information content (AvgIpc) is 3.22. The number of aromatic nitrogens is 2. The monoisotopic (exact) mass is 426 g/mol. The Morgan fingerprint density at radius 1 is 1.06 bits per heavy atom. The highest BCUT2D eigenvalue weighted by atomic mass is 19.4. The maximum absolute atomic E-state index is 12.9. The molecule has 0 N–H and O–H groups in total. The molecule has 0 bridgehead atoms. The molecular formula is C22H17F3N4O2. The van der Waals surface area contributed by atoms with Crippen LogP contribution in [0.1, 0.15) is 42.0 Å². The van der Waals surface area contributed by atoms with Crippen molar-refractivity contribution in [1.29, 1.82) is 0 Å². The Labute approximate surface area is 175 Å². The summed E-state index contributed by atoms with van der Waals surface area (Å²) in [5.41, 5.74) is 2.38. The van der Waals surface area contributed by atoms with Crippen LogP contribution in [0, 0.1) is 0 Å². The van der Waals surface area contributed by atoms with Crippen LogP contribution in [-0.4, -0.2) is 32.9 Å². The van der Waals surface area contributed by atoms with Gasteiger partial charge in [0.2, 0.25) is 5.91 Å². The minimum absolute atomic E-state index is 0.00280. The number of nitrogens with zero attached hydrogens (tertiary/aromatic N) is 4. The molecule has 1 atom stereocenters. The van der Waals surface area contributed by atoms with Crippen molar-refractivity contribution in [3.63, 3.8) is 0 Å². The SMILES string of the molecule is O=CCCC(=O)N1N=C(c2ccc(C(F)(F)F)cc2)CC1c1ccc2nccnc2c1. The molecule has 0 spiro atoms. The number of rotatable bonds is 5. The summed E-state index contributed by atoms with van der Waals surface area (Å²) in [5.74, 6) is -0.335. The maximum atomic E-state index is 12.9. The molecular weight excluding hydrogens is 409 g/mol. The fraction of sp³-hybridized carbons (Fsp3) is 0.227. The molecule has 0 radical (unpaired) electrons. The van der Waals surface area contributed by atoms with Crippen LogP contribution in [0.15, 0.2) is 60.0 Å². The van der Waals surface area contributed by atoms with Crippen LogP contribution >= 0.6 is 0 Å². The van der Waals surface area contributed by atoms with Crippen molar-refractivity contribution < 1.29 is 22.8 Å². The summed E-state index contributed by atoms with van der Waals surface area (Å²) in [7, 11) is 0. The van der Waals surface area contributed by atoms with E-state index >= 15 is 0 Å². The molecule has 158 valence electrons. The lowest BCUT2D eigenvalue weighted by molar-refractivity contribution is -0.137. The second-order valence-electron chi connectivity index (χ2n) is 7.09. The van der Waals surface area contributed by atoms with Gasteiger partial charge in [0.25, 0.3) is 0 Å². The number of benzene rings is 2. The van der Waals surface area contributed by atoms with Crippen LogP contribution < -0.4 is 0 Å². The Hall–Kier alpha value is -3.62. The van der Waals surface area contributed by atoms with Crippen LogP contribution in [0.5, 0.6) is 0 Å². The largest absolute Gasteiger partial charge is 0.416 e. The first kappa shape index (κ1) is 20.6. The minimum atomic E-state index is -4.43. The zero-order valence-electron chi connectivity index (χ0n) is 16.2. The number of hydrogen-bond donors (Lipinski definition) is 0. The Balaban J connectivity index is 1.67. The summed E-state index contributed by atoms with van der Waals surface area (Å²) >= 11 is 0. The van der Waals surface area contributed by atoms with Crippen molar-refractivity contribution in [2.45, 2.75) is 31.5 Å². The molecule has 9 heteroatoms. The Kier molecular flexibility index (Phi) is 5.50. The lowest BCUT2D eigenvalue weighted by Gasteiger charge is -2.22. The molecule has 1 aliphatic heterocycles. The molecule has 0 saturated heterocycles. The van der Waals surface area contributed by atoms with E-state index in [-0.39, 0.29) is 18.7 Å². The first-order chi connectivity index (χ1) is 14.9. The van der Waals surface area contributed by atoms with Crippen LogP contribution in [0.2, 0.25) is 0 Å². The third-order valence-electron chi connectivity index (χ3n) is 5.07. The predicted octanol–water partition coefficient (Wildman–Crippen LogP) is 4.31. The molecule has 1 amide bonds. The van der Waals surface area contributed by atoms with Gasteiger partial charge in [-0.05, 0) is 35.4 Å². The summed E-state index contributed by atoms with van der Waals surface area (Å²) in [4.78, 5) is 31.9. The van der Waals surface area contributed by atoms with Gasteiger partial charge >= 0.3 is 6.18 Å². The number of aldehydes is 1. The van der Waals surface area contributed by atoms with Gasteiger partial charge in [0.05, 0.1) is 28.4 Å². The summed E-state index contributed by atoms with van der Waals surface area (Å²) in [6, 6.07) is 9.67. The molecule has 6 nitrogen and oxygen atoms in total. The van der Waals surface area contributed by atoms with E-state index < -0.39 is 17.8 Å². The number of hydrogen-bond acceptors (Lipinski definition) is 5. The van der Waals surface area contributed by atoms with Crippen molar-refractivity contribution >= 4 is 28.9 Å². The topological polar surface area (TPSA) is 75.5 Å². The van der Waals surface area contributed by atoms with Gasteiger partial charge < -0.3 is 4.79 Å². The van der Waals surface area contributed by atoms with E-state index in [0.717, 1.165) is 17.7 Å². The van der Waals surface area contributed by atoms with Gasteiger partial charge in [-0.15, -0.1) is 0 Å². The van der Waals surface area contributed by atoms with E-state index in [1.165, 1.54) is 17.1 Å². The third kappa shape index (κ3) is 4.30. The number of amides is 1. The lowest BCUT2D eigenvalue weighted by Crippen LogP contribution is -2.26. The highest BCUT2D eigenvalue weighted by Crippen LogP contribution is 2.35. The number of halogens is 3. The minimum Gasteiger partial charge on any atom is -0.303 e. The highest BCUT2D eigenvalue weighted by Gasteiger charge is 2.34. The molecule has 1 aliphatic rings. The van der Waals surface area contributed by atoms with Gasteiger partial charge in [-0.25, -0.2) is 5.01 Å². The van der Waals surface area contributed by atoms with Crippen LogP contribution in [0.25, 0.3) is 11.0 Å². The number of fused-ring (bicyclic) bond motifs is 1. The van der Waals surface area contributed by atoms with E-state index in [0.29, 0.717) is 35.0 Å². The van der Waals surface area contributed by atoms with Crippen LogP contribution in [0.4, 0.5) is 13.2 Å². The van der Waals surface area contributed by atoms with Gasteiger partial charge in [0.15, 0.2) is 0 Å². The standard InChI is InChI=1S/C22H17F3N4O2/c23-22(24,25)16-6-3-14(4-7-16)18-13-20(29(28-18)21(31)2-1-11-30)15-5-8-17-19(12-15)27-10-9-26-17/h3-12,20H,1-2,13H2. The predicted molar refractivity (Wildman–Crippen MR) is 107 cm³/mol. The number of alkyl halides is 3. The Morgan fingerprint density at radius 2 is 1.77 bits per heavy atom. The lowest BCUT2D eigenvalue weighted by atomic mass is 9.97. The number of carbonyl (C=O) groups is 2. The van der Waals surface area contributed by atoms with Crippen LogP contribution in [0.3, 0.4) is 0 Å². The highest BCUT2D eigenvalue weighted by molar-refractivity contribution is 6.03. The maximum Gasteiger partial charge on any atom is 0.416 e. The zero-order valence-corrected chi connectivity index (χ0v) is 16.2. The second-order valence-corrected chi connectivity index (χ2v) is 7.09. The summed E-state index contributed by atoms with van der Waals surface area (Å²) < 4.78 is 38.6. The van der Waals surface area contributed by atoms with E-state index in [9.17, 15) is 22.8 Å². The molecule has 0 fully saturated rings. The van der Waals surface area contributed by atoms with Crippen molar-refractivity contribution in [3.8, 4) is 0 Å². The van der Waals surface area contributed by atoms with Gasteiger partial charge in [0.1, 0.15) is 6.29 Å². The molecule has 4 rings (SSSR count). The quantitative estimate of drug-likeness (QED) is 0.570. The normalized spacial score (nSPS) is 16.4. The van der Waals surface area contributed by atoms with Crippen molar-refractivity contribution in [1.82, 2.24) is 15.0 Å². The summed E-state index contributed by atoms with van der Waals surface area (Å²) in [6.07, 6.45) is -0.231. The molecule has 2 heterocycles. The Morgan fingerprint density at radius 3 is 2.45 bits per heavy atom. The van der Waals surface area contributed by atoms with Gasteiger partial charge in [0, 0.05) is 31.7 Å². The van der Waals surface area contributed by atoms with E-state index in [1.54, 1.807) is 18.5 Å². The molecule has 1 unspecified atom stereocenters. The van der Waals surface area contributed by atoms with Crippen molar-refractivity contribution in [3.05, 3.63) is 71.5 Å². The van der Waals surface area contributed by atoms with Gasteiger partial charge in [-0.2, -0.15) is 18.3 Å². The van der Waals surface area contributed by atoms with E-state index in [1.807, 2.05) is 12.1 Å². The van der Waals surface area contributed by atoms with E-state index in [2.05, 4.69) is 15.1 Å². The molecule has 0 saturated carbocycles. The first-order valence-corrected chi connectivity index (χ1v) is 9.58. The second kappa shape index (κ2) is 8.25. The van der Waals surface area contributed by atoms with E-state index in [4.69, 9.17) is 0 Å². The fourth-order valence-electron chi connectivity index (χ4n) is 3.51. The van der Waals surface area contributed by atoms with Gasteiger partial charge in [-0.1, -0.05) is 18.2 Å². The van der Waals surface area contributed by atoms with Crippen molar-refractivity contribution in [2.75, 3.05) is 0 Å². The first-order valence-electron chi connectivity index (χ1n) is 9.58. The number of hydrazone groups is 1. The number of carbonyl (C=O) groups excluding carboxylic acids is 2.